The summed E-state index contributed by atoms with van der Waals surface area (Å²) in [6, 6.07) is 13.9. The molecule has 0 unspecified atom stereocenters. The fourth-order valence-electron chi connectivity index (χ4n) is 3.34. The van der Waals surface area contributed by atoms with Crippen molar-refractivity contribution in [3.63, 3.8) is 0 Å². The zero-order chi connectivity index (χ0) is 17.2. The average Bonchev–Trinajstić information content (AvgIpc) is 3.00. The molecule has 1 aliphatic carbocycles. The van der Waals surface area contributed by atoms with E-state index in [1.807, 2.05) is 43.3 Å². The first kappa shape index (κ1) is 17.5. The maximum Gasteiger partial charge on any atom is 0.171 e. The number of hydrogen-bond donors (Lipinski definition) is 2. The van der Waals surface area contributed by atoms with Gasteiger partial charge in [-0.3, -0.25) is 0 Å². The second kappa shape index (κ2) is 7.30. The Balaban J connectivity index is 1.80. The van der Waals surface area contributed by atoms with Crippen LogP contribution >= 0.6 is 35.4 Å². The second-order valence-corrected chi connectivity index (χ2v) is 7.53. The highest BCUT2D eigenvalue weighted by Gasteiger charge is 2.37. The molecular weight excluding hydrogens is 359 g/mol. The van der Waals surface area contributed by atoms with Crippen molar-refractivity contribution in [2.24, 2.45) is 0 Å². The van der Waals surface area contributed by atoms with Gasteiger partial charge in [0.2, 0.25) is 0 Å². The molecule has 1 saturated carbocycles. The van der Waals surface area contributed by atoms with Crippen LogP contribution in [0.5, 0.6) is 0 Å². The Hall–Kier alpha value is -1.29. The van der Waals surface area contributed by atoms with E-state index in [9.17, 15) is 0 Å². The number of aryl methyl sites for hydroxylation is 1. The van der Waals surface area contributed by atoms with Crippen LogP contribution < -0.4 is 10.6 Å². The van der Waals surface area contributed by atoms with E-state index in [-0.39, 0.29) is 5.54 Å². The maximum atomic E-state index is 6.45. The predicted octanol–water partition coefficient (Wildman–Crippen LogP) is 6.06. The molecule has 3 rings (SSSR count). The van der Waals surface area contributed by atoms with Crippen LogP contribution in [0.1, 0.15) is 36.8 Å². The molecule has 1 aliphatic rings. The first-order valence-electron chi connectivity index (χ1n) is 8.10. The number of anilines is 1. The van der Waals surface area contributed by atoms with Gasteiger partial charge in [-0.1, -0.05) is 60.3 Å². The van der Waals surface area contributed by atoms with Crippen molar-refractivity contribution in [3.05, 3.63) is 63.6 Å². The van der Waals surface area contributed by atoms with E-state index in [1.165, 1.54) is 0 Å². The summed E-state index contributed by atoms with van der Waals surface area (Å²) in [4.78, 5) is 0. The number of benzene rings is 2. The Morgan fingerprint density at radius 1 is 1.04 bits per heavy atom. The fraction of sp³-hybridized carbons (Fsp3) is 0.316. The van der Waals surface area contributed by atoms with Crippen molar-refractivity contribution in [2.45, 2.75) is 38.1 Å². The Kier molecular flexibility index (Phi) is 5.33. The molecule has 0 aliphatic heterocycles. The van der Waals surface area contributed by atoms with Gasteiger partial charge in [0.1, 0.15) is 0 Å². The lowest BCUT2D eigenvalue weighted by Gasteiger charge is -2.33. The molecule has 0 radical (unpaired) electrons. The minimum absolute atomic E-state index is 0.198. The van der Waals surface area contributed by atoms with Crippen molar-refractivity contribution in [2.75, 3.05) is 5.32 Å². The number of thiocarbonyl (C=S) groups is 1. The molecule has 0 atom stereocenters. The van der Waals surface area contributed by atoms with Crippen LogP contribution in [0.4, 0.5) is 5.69 Å². The van der Waals surface area contributed by atoms with E-state index in [0.29, 0.717) is 5.11 Å². The molecule has 5 heteroatoms. The predicted molar refractivity (Wildman–Crippen MR) is 107 cm³/mol. The molecular formula is C19H20Cl2N2S. The second-order valence-electron chi connectivity index (χ2n) is 6.31. The Labute approximate surface area is 158 Å². The summed E-state index contributed by atoms with van der Waals surface area (Å²) < 4.78 is 0. The molecule has 0 aromatic heterocycles. The average molecular weight is 379 g/mol. The molecule has 0 bridgehead atoms. The van der Waals surface area contributed by atoms with Crippen molar-refractivity contribution >= 4 is 46.2 Å². The van der Waals surface area contributed by atoms with Crippen molar-refractivity contribution < 1.29 is 0 Å². The SMILES string of the molecule is Cc1ccc(NC(=S)NC2(c3ccccc3Cl)CCCC2)cc1Cl. The van der Waals surface area contributed by atoms with Gasteiger partial charge in [-0.25, -0.2) is 0 Å². The van der Waals surface area contributed by atoms with Crippen LogP contribution in [-0.4, -0.2) is 5.11 Å². The highest BCUT2D eigenvalue weighted by Crippen LogP contribution is 2.41. The summed E-state index contributed by atoms with van der Waals surface area (Å²) in [6.07, 6.45) is 4.37. The van der Waals surface area contributed by atoms with E-state index < -0.39 is 0 Å². The van der Waals surface area contributed by atoms with E-state index in [0.717, 1.165) is 52.5 Å². The van der Waals surface area contributed by atoms with Crippen molar-refractivity contribution in [1.29, 1.82) is 0 Å². The summed E-state index contributed by atoms with van der Waals surface area (Å²) in [6.45, 7) is 1.98. The van der Waals surface area contributed by atoms with E-state index in [1.54, 1.807) is 0 Å². The lowest BCUT2D eigenvalue weighted by molar-refractivity contribution is 0.408. The molecule has 0 spiro atoms. The van der Waals surface area contributed by atoms with Crippen LogP contribution in [0.2, 0.25) is 10.0 Å². The normalized spacial score (nSPS) is 16.0. The number of hydrogen-bond acceptors (Lipinski definition) is 1. The molecule has 2 N–H and O–H groups in total. The van der Waals surface area contributed by atoms with Gasteiger partial charge in [0.05, 0.1) is 5.54 Å². The molecule has 1 fully saturated rings. The highest BCUT2D eigenvalue weighted by molar-refractivity contribution is 7.80. The maximum absolute atomic E-state index is 6.45. The fourth-order valence-corrected chi connectivity index (χ4v) is 4.15. The Morgan fingerprint density at radius 3 is 2.42 bits per heavy atom. The summed E-state index contributed by atoms with van der Waals surface area (Å²) in [5, 5.41) is 8.87. The zero-order valence-electron chi connectivity index (χ0n) is 13.5. The van der Waals surface area contributed by atoms with Crippen LogP contribution in [0.25, 0.3) is 0 Å². The van der Waals surface area contributed by atoms with Gasteiger partial charge < -0.3 is 10.6 Å². The van der Waals surface area contributed by atoms with Gasteiger partial charge in [0.15, 0.2) is 5.11 Å². The van der Waals surface area contributed by atoms with E-state index in [2.05, 4.69) is 16.7 Å². The Bertz CT molecular complexity index is 755. The molecule has 0 amide bonds. The summed E-state index contributed by atoms with van der Waals surface area (Å²) >= 11 is 18.2. The van der Waals surface area contributed by atoms with Crippen LogP contribution in [0.3, 0.4) is 0 Å². The standard InChI is InChI=1S/C19H20Cl2N2S/c1-13-8-9-14(12-17(13)21)22-18(24)23-19(10-4-5-11-19)15-6-2-3-7-16(15)20/h2-3,6-9,12H,4-5,10-11H2,1H3,(H2,22,23,24). The van der Waals surface area contributed by atoms with Crippen LogP contribution in [0.15, 0.2) is 42.5 Å². The quantitative estimate of drug-likeness (QED) is 0.634. The van der Waals surface area contributed by atoms with Gasteiger partial charge in [-0.15, -0.1) is 0 Å². The minimum atomic E-state index is -0.198. The van der Waals surface area contributed by atoms with Gasteiger partial charge >= 0.3 is 0 Å². The first-order valence-corrected chi connectivity index (χ1v) is 9.27. The molecule has 126 valence electrons. The third kappa shape index (κ3) is 3.69. The topological polar surface area (TPSA) is 24.1 Å². The number of nitrogens with one attached hydrogen (secondary N) is 2. The van der Waals surface area contributed by atoms with Crippen LogP contribution in [-0.2, 0) is 5.54 Å². The summed E-state index contributed by atoms with van der Waals surface area (Å²) in [5.41, 5.74) is 2.85. The number of halogens is 2. The van der Waals surface area contributed by atoms with Gasteiger partial charge in [-0.05, 0) is 61.3 Å². The molecule has 24 heavy (non-hydrogen) atoms. The zero-order valence-corrected chi connectivity index (χ0v) is 15.9. The monoisotopic (exact) mass is 378 g/mol. The van der Waals surface area contributed by atoms with E-state index >= 15 is 0 Å². The molecule has 2 aromatic carbocycles. The lowest BCUT2D eigenvalue weighted by Crippen LogP contribution is -2.45. The third-order valence-electron chi connectivity index (χ3n) is 4.63. The summed E-state index contributed by atoms with van der Waals surface area (Å²) in [5.74, 6) is 0. The molecule has 0 heterocycles. The van der Waals surface area contributed by atoms with Gasteiger partial charge in [0, 0.05) is 15.7 Å². The van der Waals surface area contributed by atoms with Gasteiger partial charge in [-0.2, -0.15) is 0 Å². The van der Waals surface area contributed by atoms with Crippen molar-refractivity contribution in [3.8, 4) is 0 Å². The van der Waals surface area contributed by atoms with Crippen LogP contribution in [0, 0.1) is 6.92 Å². The van der Waals surface area contributed by atoms with Crippen molar-refractivity contribution in [1.82, 2.24) is 5.32 Å². The molecule has 2 nitrogen and oxygen atoms in total. The first-order chi connectivity index (χ1) is 11.5. The number of rotatable bonds is 3. The smallest absolute Gasteiger partial charge is 0.171 e. The van der Waals surface area contributed by atoms with Gasteiger partial charge in [0.25, 0.3) is 0 Å². The van der Waals surface area contributed by atoms with E-state index in [4.69, 9.17) is 35.4 Å². The largest absolute Gasteiger partial charge is 0.353 e. The summed E-state index contributed by atoms with van der Waals surface area (Å²) in [7, 11) is 0. The highest BCUT2D eigenvalue weighted by atomic mass is 35.5. The molecule has 0 saturated heterocycles. The minimum Gasteiger partial charge on any atom is -0.353 e. The Morgan fingerprint density at radius 2 is 1.75 bits per heavy atom. The lowest BCUT2D eigenvalue weighted by atomic mass is 9.88. The third-order valence-corrected chi connectivity index (χ3v) is 5.57. The molecule has 2 aromatic rings.